The van der Waals surface area contributed by atoms with Crippen molar-refractivity contribution in [1.29, 1.82) is 0 Å². The fraction of sp³-hybridized carbons (Fsp3) is 0.586. The number of unbranched alkanes of at least 4 members (excludes halogenated alkanes) is 3. The lowest BCUT2D eigenvalue weighted by Crippen LogP contribution is -2.35. The molecule has 6 saturated heterocycles. The number of rotatable bonds is 30. The van der Waals surface area contributed by atoms with E-state index in [1.54, 1.807) is 36.4 Å². The third kappa shape index (κ3) is 21.8. The van der Waals surface area contributed by atoms with E-state index in [9.17, 15) is 42.9 Å². The van der Waals surface area contributed by atoms with Crippen molar-refractivity contribution in [3.8, 4) is 0 Å². The second-order valence-electron chi connectivity index (χ2n) is 31.2. The van der Waals surface area contributed by atoms with Gasteiger partial charge in [0.15, 0.2) is 0 Å². The van der Waals surface area contributed by atoms with Crippen molar-refractivity contribution in [3.63, 3.8) is 0 Å². The van der Waals surface area contributed by atoms with Gasteiger partial charge in [0.2, 0.25) is 0 Å². The first-order valence-corrected chi connectivity index (χ1v) is 41.4. The molecule has 15 rings (SSSR count). The number of nitrogens with one attached hydrogen (secondary N) is 3. The maximum absolute atomic E-state index is 14.9. The Morgan fingerprint density at radius 1 is 0.405 bits per heavy atom. The summed E-state index contributed by atoms with van der Waals surface area (Å²) < 4.78 is 80.8. The number of aliphatic carboxylic acids is 3. The van der Waals surface area contributed by atoms with E-state index in [1.165, 1.54) is 34.9 Å². The van der Waals surface area contributed by atoms with Crippen LogP contribution in [0.3, 0.4) is 0 Å². The lowest BCUT2D eigenvalue weighted by atomic mass is 9.91. The van der Waals surface area contributed by atoms with Gasteiger partial charge < -0.3 is 59.7 Å². The quantitative estimate of drug-likeness (QED) is 0.0229. The molecule has 0 radical (unpaired) electrons. The van der Waals surface area contributed by atoms with Crippen LogP contribution >= 0.6 is 0 Å². The van der Waals surface area contributed by atoms with E-state index < -0.39 is 36.0 Å². The van der Waals surface area contributed by atoms with Gasteiger partial charge in [0.05, 0.1) is 36.6 Å². The second kappa shape index (κ2) is 40.9. The summed E-state index contributed by atoms with van der Waals surface area (Å²) in [4.78, 5) is 57.2. The molecule has 21 nitrogen and oxygen atoms in total. The third-order valence-corrected chi connectivity index (χ3v) is 23.4. The molecule has 6 fully saturated rings. The molecule has 3 aromatic carbocycles. The zero-order chi connectivity index (χ0) is 76.8. The highest BCUT2D eigenvalue weighted by Gasteiger charge is 2.41. The topological polar surface area (TPSA) is 252 Å². The highest BCUT2D eigenvalue weighted by molar-refractivity contribution is 5.78. The van der Waals surface area contributed by atoms with Gasteiger partial charge >= 0.3 is 17.9 Å². The smallest absolute Gasteiger partial charge is 0.325 e. The average Bonchev–Trinajstić information content (AvgIpc) is 1.79. The van der Waals surface area contributed by atoms with Crippen LogP contribution in [0.25, 0.3) is 0 Å². The first-order chi connectivity index (χ1) is 54.3. The number of anilines is 3. The Labute approximate surface area is 651 Å². The molecular formula is C87H114F3N9O12. The van der Waals surface area contributed by atoms with Crippen LogP contribution in [0.4, 0.5) is 30.6 Å². The van der Waals surface area contributed by atoms with Gasteiger partial charge in [-0.3, -0.25) is 29.1 Å². The first-order valence-electron chi connectivity index (χ1n) is 41.4. The molecule has 0 bridgehead atoms. The molecule has 111 heavy (non-hydrogen) atoms. The number of halogens is 3. The maximum Gasteiger partial charge on any atom is 0.325 e. The van der Waals surface area contributed by atoms with Gasteiger partial charge in [-0.1, -0.05) is 54.6 Å². The van der Waals surface area contributed by atoms with E-state index in [4.69, 9.17) is 43.4 Å². The monoisotopic (exact) mass is 1530 g/mol. The van der Waals surface area contributed by atoms with Gasteiger partial charge in [-0.05, 0) is 243 Å². The fourth-order valence-electron chi connectivity index (χ4n) is 17.6. The van der Waals surface area contributed by atoms with Gasteiger partial charge in [0.25, 0.3) is 0 Å². The van der Waals surface area contributed by atoms with Crippen molar-refractivity contribution in [2.24, 2.45) is 0 Å². The predicted octanol–water partition coefficient (Wildman–Crippen LogP) is 15.2. The molecule has 9 aliphatic heterocycles. The third-order valence-electron chi connectivity index (χ3n) is 23.4. The Hall–Kier alpha value is -7.65. The number of carboxylic acids is 3. The molecule has 0 spiro atoms. The lowest BCUT2D eigenvalue weighted by molar-refractivity contribution is -0.144. The Morgan fingerprint density at radius 2 is 0.712 bits per heavy atom. The zero-order valence-corrected chi connectivity index (χ0v) is 64.4. The van der Waals surface area contributed by atoms with Crippen molar-refractivity contribution in [3.05, 3.63) is 176 Å². The minimum atomic E-state index is -0.963. The summed E-state index contributed by atoms with van der Waals surface area (Å²) in [6.45, 7) is 10.0. The average molecular weight is 1530 g/mol. The molecule has 24 heteroatoms. The molecule has 0 saturated carbocycles. The number of benzene rings is 3. The number of pyridine rings is 3. The molecule has 6 aromatic rings. The summed E-state index contributed by atoms with van der Waals surface area (Å²) in [7, 11) is 0. The molecule has 0 aliphatic carbocycles. The van der Waals surface area contributed by atoms with Crippen LogP contribution in [0.1, 0.15) is 238 Å². The van der Waals surface area contributed by atoms with Crippen LogP contribution < -0.4 is 16.0 Å². The van der Waals surface area contributed by atoms with Gasteiger partial charge in [0.1, 0.15) is 53.0 Å². The second-order valence-corrected chi connectivity index (χ2v) is 31.2. The standard InChI is InChI=1S/3C29H38FN3O4/c3*30-24-10-5-9-23(26(24)25-11-2-4-18-37-25)27(29(34)35)33-16-14-22(19-33)36-17-3-1-8-21-13-12-20-7-6-15-31-28(20)32-21/h3*5,9-10,12-13,22,25,27H,1-4,6-8,11,14-19H2,(H,31,32)(H,34,35)/t22-,25+,27+;22-,25-,27+;22-,25-,27-/m111/s1. The first kappa shape index (κ1) is 81.4. The largest absolute Gasteiger partial charge is 0.480 e. The summed E-state index contributed by atoms with van der Waals surface area (Å²) in [5, 5.41) is 40.6. The normalized spacial score (nSPS) is 22.8. The van der Waals surface area contributed by atoms with Gasteiger partial charge in [-0.15, -0.1) is 0 Å². The molecule has 3 aromatic heterocycles. The number of likely N-dealkylation sites (tertiary alicyclic amines) is 3. The van der Waals surface area contributed by atoms with Gasteiger partial charge in [-0.25, -0.2) is 28.1 Å². The van der Waals surface area contributed by atoms with Crippen LogP contribution in [0, 0.1) is 17.5 Å². The summed E-state index contributed by atoms with van der Waals surface area (Å²) in [5.74, 6) is -0.923. The zero-order valence-electron chi connectivity index (χ0n) is 64.4. The Balaban J connectivity index is 0.000000146. The maximum atomic E-state index is 14.9. The molecule has 0 unspecified atom stereocenters. The van der Waals surface area contributed by atoms with E-state index in [2.05, 4.69) is 52.3 Å². The molecule has 0 amide bonds. The highest BCUT2D eigenvalue weighted by Crippen LogP contribution is 2.42. The Bertz CT molecular complexity index is 3630. The molecule has 6 N–H and O–H groups in total. The molecule has 9 aliphatic rings. The molecule has 600 valence electrons. The number of aromatic nitrogens is 3. The summed E-state index contributed by atoms with van der Waals surface area (Å²) in [5.41, 5.74) is 9.99. The van der Waals surface area contributed by atoms with E-state index in [-0.39, 0.29) is 54.1 Å². The number of nitrogens with zero attached hydrogens (tertiary/aromatic N) is 6. The number of carboxylic acid groups (broad SMARTS) is 3. The van der Waals surface area contributed by atoms with Crippen LogP contribution in [0.15, 0.2) is 91.0 Å². The Kier molecular flexibility index (Phi) is 30.0. The van der Waals surface area contributed by atoms with Crippen molar-refractivity contribution >= 4 is 35.4 Å². The van der Waals surface area contributed by atoms with Crippen molar-refractivity contribution < 1.29 is 71.3 Å². The number of hydrogen-bond acceptors (Lipinski definition) is 18. The minimum Gasteiger partial charge on any atom is -0.480 e. The van der Waals surface area contributed by atoms with E-state index >= 15 is 0 Å². The molecule has 12 heterocycles. The number of hydrogen-bond donors (Lipinski definition) is 6. The van der Waals surface area contributed by atoms with Crippen molar-refractivity contribution in [2.45, 2.75) is 228 Å². The van der Waals surface area contributed by atoms with Gasteiger partial charge in [0, 0.05) is 132 Å². The number of fused-ring (bicyclic) bond motifs is 3. The predicted molar refractivity (Wildman–Crippen MR) is 418 cm³/mol. The van der Waals surface area contributed by atoms with Crippen LogP contribution in [-0.4, -0.2) is 180 Å². The minimum absolute atomic E-state index is 0.0177. The van der Waals surface area contributed by atoms with E-state index in [0.29, 0.717) is 132 Å². The SMILES string of the molecule is O=C(O)[C@@H](c1cccc(F)c1[C@H]1CCCCO1)N1CC[C@@H](OCCCCc2ccc3c(n2)NCCC3)C1.O=C(O)[C@H](c1cccc(F)c1[C@@H]1CCCCO1)N1CC[C@@H](OCCCCc2ccc3c(n2)NCCC3)C1.O=C(O)[C@H](c1cccc(F)c1[C@H]1CCCCO1)N1CC[C@@H](OCCCCc2ccc3c(n2)NCCC3)C1. The number of aryl methyl sites for hydroxylation is 6. The van der Waals surface area contributed by atoms with Crippen molar-refractivity contribution in [1.82, 2.24) is 29.7 Å². The molecule has 9 atom stereocenters. The molecular weight excluding hydrogens is 1420 g/mol. The van der Waals surface area contributed by atoms with Gasteiger partial charge in [-0.2, -0.15) is 0 Å². The summed E-state index contributed by atoms with van der Waals surface area (Å²) >= 11 is 0. The van der Waals surface area contributed by atoms with Crippen LogP contribution in [0.5, 0.6) is 0 Å². The fourth-order valence-corrected chi connectivity index (χ4v) is 17.6. The lowest BCUT2D eigenvalue weighted by Gasteiger charge is -2.30. The number of ether oxygens (including phenoxy) is 6. The van der Waals surface area contributed by atoms with E-state index in [1.807, 2.05) is 14.7 Å². The van der Waals surface area contributed by atoms with Crippen LogP contribution in [0.2, 0.25) is 0 Å². The van der Waals surface area contributed by atoms with Crippen LogP contribution in [-0.2, 0) is 81.3 Å². The summed E-state index contributed by atoms with van der Waals surface area (Å²) in [6, 6.07) is 24.5. The highest BCUT2D eigenvalue weighted by atomic mass is 19.1. The summed E-state index contributed by atoms with van der Waals surface area (Å²) in [6.07, 6.45) is 24.3. The Morgan fingerprint density at radius 3 is 0.991 bits per heavy atom. The van der Waals surface area contributed by atoms with E-state index in [0.717, 1.165) is 208 Å². The van der Waals surface area contributed by atoms with Crippen molar-refractivity contribution in [2.75, 3.05) is 114 Å². The number of carbonyl (C=O) groups is 3.